The summed E-state index contributed by atoms with van der Waals surface area (Å²) in [7, 11) is 0. The predicted molar refractivity (Wildman–Crippen MR) is 74.4 cm³/mol. The van der Waals surface area contributed by atoms with Crippen LogP contribution in [0.1, 0.15) is 17.5 Å². The molecule has 106 valence electrons. The van der Waals surface area contributed by atoms with E-state index in [0.29, 0.717) is 19.6 Å². The average Bonchev–Trinajstić information content (AvgIpc) is 3.08. The van der Waals surface area contributed by atoms with Crippen LogP contribution < -0.4 is 10.1 Å². The van der Waals surface area contributed by atoms with E-state index in [-0.39, 0.29) is 11.8 Å². The lowest BCUT2D eigenvalue weighted by Crippen LogP contribution is -2.26. The third-order valence-electron chi connectivity index (χ3n) is 3.72. The summed E-state index contributed by atoms with van der Waals surface area (Å²) in [6.07, 6.45) is 1.31. The summed E-state index contributed by atoms with van der Waals surface area (Å²) in [6, 6.07) is 3.95. The maximum atomic E-state index is 11.9. The third kappa shape index (κ3) is 2.52. The molecule has 3 rings (SSSR count). The van der Waals surface area contributed by atoms with Crippen LogP contribution in [0.5, 0.6) is 5.75 Å². The molecule has 1 amide bonds. The van der Waals surface area contributed by atoms with Gasteiger partial charge in [0, 0.05) is 23.0 Å². The van der Waals surface area contributed by atoms with Crippen molar-refractivity contribution in [3.63, 3.8) is 0 Å². The van der Waals surface area contributed by atoms with E-state index in [1.807, 2.05) is 12.1 Å². The number of fused-ring (bicyclic) bond motifs is 1. The maximum absolute atomic E-state index is 11.9. The first-order valence-corrected chi connectivity index (χ1v) is 7.30. The molecule has 0 bridgehead atoms. The van der Waals surface area contributed by atoms with Crippen LogP contribution in [0.15, 0.2) is 16.6 Å². The fourth-order valence-corrected chi connectivity index (χ4v) is 3.10. The molecular formula is C14H14BrNO4. The summed E-state index contributed by atoms with van der Waals surface area (Å²) in [5, 5.41) is 11.6. The van der Waals surface area contributed by atoms with Crippen LogP contribution in [0.2, 0.25) is 0 Å². The van der Waals surface area contributed by atoms with Crippen molar-refractivity contribution >= 4 is 27.8 Å². The van der Waals surface area contributed by atoms with Crippen molar-refractivity contribution in [2.45, 2.75) is 19.4 Å². The van der Waals surface area contributed by atoms with E-state index in [9.17, 15) is 9.59 Å². The van der Waals surface area contributed by atoms with Crippen molar-refractivity contribution in [1.82, 2.24) is 5.32 Å². The molecule has 6 heteroatoms. The number of carbonyl (C=O) groups is 2. The zero-order valence-electron chi connectivity index (χ0n) is 10.7. The van der Waals surface area contributed by atoms with Crippen LogP contribution in [0.4, 0.5) is 0 Å². The average molecular weight is 340 g/mol. The van der Waals surface area contributed by atoms with E-state index < -0.39 is 11.9 Å². The van der Waals surface area contributed by atoms with Gasteiger partial charge in [0.05, 0.1) is 18.4 Å². The predicted octanol–water partition coefficient (Wildman–Crippen LogP) is 1.72. The summed E-state index contributed by atoms with van der Waals surface area (Å²) in [5.74, 6) is -1.13. The van der Waals surface area contributed by atoms with Crippen LogP contribution >= 0.6 is 15.9 Å². The van der Waals surface area contributed by atoms with Crippen LogP contribution in [0.3, 0.4) is 0 Å². The molecule has 1 fully saturated rings. The maximum Gasteiger partial charge on any atom is 0.307 e. The summed E-state index contributed by atoms with van der Waals surface area (Å²) in [4.78, 5) is 22.6. The molecule has 1 aliphatic carbocycles. The monoisotopic (exact) mass is 339 g/mol. The van der Waals surface area contributed by atoms with E-state index >= 15 is 0 Å². The number of amides is 1. The molecule has 0 unspecified atom stereocenters. The summed E-state index contributed by atoms with van der Waals surface area (Å²) in [6.45, 7) is 1.03. The lowest BCUT2D eigenvalue weighted by atomic mass is 10.1. The Balaban J connectivity index is 1.65. The van der Waals surface area contributed by atoms with Gasteiger partial charge in [-0.15, -0.1) is 0 Å². The minimum atomic E-state index is -0.892. The smallest absolute Gasteiger partial charge is 0.307 e. The van der Waals surface area contributed by atoms with Crippen molar-refractivity contribution in [1.29, 1.82) is 0 Å². The van der Waals surface area contributed by atoms with Gasteiger partial charge >= 0.3 is 5.97 Å². The molecule has 5 nitrogen and oxygen atoms in total. The molecule has 20 heavy (non-hydrogen) atoms. The standard InChI is InChI=1S/C14H14BrNO4/c15-9-3-7-1-2-20-12(7)8(4-9)6-16-13(17)10-5-11(10)14(18)19/h3-4,10-11H,1-2,5-6H2,(H,16,17)(H,18,19)/t10-,11+/m1/s1. The van der Waals surface area contributed by atoms with Crippen LogP contribution in [-0.4, -0.2) is 23.6 Å². The fraction of sp³-hybridized carbons (Fsp3) is 0.429. The SMILES string of the molecule is O=C(O)[C@H]1C[C@H]1C(=O)NCc1cc(Br)cc2c1OCC2. The van der Waals surface area contributed by atoms with E-state index in [1.54, 1.807) is 0 Å². The molecule has 1 saturated carbocycles. The Kier molecular flexibility index (Phi) is 3.41. The molecule has 1 heterocycles. The number of halogens is 1. The number of ether oxygens (including phenoxy) is 1. The highest BCUT2D eigenvalue weighted by Gasteiger charge is 2.48. The number of nitrogens with one attached hydrogen (secondary N) is 1. The molecule has 0 radical (unpaired) electrons. The minimum absolute atomic E-state index is 0.191. The molecule has 2 N–H and O–H groups in total. The lowest BCUT2D eigenvalue weighted by Gasteiger charge is -2.10. The van der Waals surface area contributed by atoms with Gasteiger partial charge in [-0.3, -0.25) is 9.59 Å². The Labute approximate surface area is 124 Å². The van der Waals surface area contributed by atoms with Gasteiger partial charge in [-0.1, -0.05) is 15.9 Å². The van der Waals surface area contributed by atoms with Crippen LogP contribution in [0, 0.1) is 11.8 Å². The van der Waals surface area contributed by atoms with Crippen LogP contribution in [0.25, 0.3) is 0 Å². The molecule has 1 aromatic rings. The Morgan fingerprint density at radius 3 is 2.90 bits per heavy atom. The number of aliphatic carboxylic acids is 1. The van der Waals surface area contributed by atoms with Crippen LogP contribution in [-0.2, 0) is 22.6 Å². The van der Waals surface area contributed by atoms with E-state index in [1.165, 1.54) is 0 Å². The first-order valence-electron chi connectivity index (χ1n) is 6.51. The Bertz CT molecular complexity index is 587. The van der Waals surface area contributed by atoms with E-state index in [0.717, 1.165) is 27.8 Å². The van der Waals surface area contributed by atoms with Gasteiger partial charge in [0.1, 0.15) is 5.75 Å². The molecule has 1 aliphatic heterocycles. The van der Waals surface area contributed by atoms with Gasteiger partial charge in [-0.05, 0) is 24.1 Å². The van der Waals surface area contributed by atoms with Crippen molar-refractivity contribution in [2.24, 2.45) is 11.8 Å². The van der Waals surface area contributed by atoms with Gasteiger partial charge in [-0.25, -0.2) is 0 Å². The van der Waals surface area contributed by atoms with Gasteiger partial charge < -0.3 is 15.2 Å². The quantitative estimate of drug-likeness (QED) is 0.875. The Morgan fingerprint density at radius 2 is 2.20 bits per heavy atom. The van der Waals surface area contributed by atoms with Crippen molar-refractivity contribution < 1.29 is 19.4 Å². The third-order valence-corrected chi connectivity index (χ3v) is 4.18. The van der Waals surface area contributed by atoms with Gasteiger partial charge in [-0.2, -0.15) is 0 Å². The second-order valence-electron chi connectivity index (χ2n) is 5.16. The Morgan fingerprint density at radius 1 is 1.40 bits per heavy atom. The molecule has 1 aromatic carbocycles. The first kappa shape index (κ1) is 13.4. The summed E-state index contributed by atoms with van der Waals surface area (Å²) >= 11 is 3.45. The molecular weight excluding hydrogens is 326 g/mol. The second-order valence-corrected chi connectivity index (χ2v) is 6.07. The summed E-state index contributed by atoms with van der Waals surface area (Å²) in [5.41, 5.74) is 2.06. The van der Waals surface area contributed by atoms with Gasteiger partial charge in [0.25, 0.3) is 0 Å². The zero-order chi connectivity index (χ0) is 14.3. The number of carbonyl (C=O) groups excluding carboxylic acids is 1. The summed E-state index contributed by atoms with van der Waals surface area (Å²) < 4.78 is 6.55. The normalized spacial score (nSPS) is 22.9. The van der Waals surface area contributed by atoms with Gasteiger partial charge in [0.2, 0.25) is 5.91 Å². The topological polar surface area (TPSA) is 75.6 Å². The molecule has 0 aromatic heterocycles. The van der Waals surface area contributed by atoms with E-state index in [4.69, 9.17) is 9.84 Å². The Hall–Kier alpha value is -1.56. The fourth-order valence-electron chi connectivity index (χ4n) is 2.55. The van der Waals surface area contributed by atoms with Gasteiger partial charge in [0.15, 0.2) is 0 Å². The molecule has 2 atom stereocenters. The highest BCUT2D eigenvalue weighted by Crippen LogP contribution is 2.39. The molecule has 0 spiro atoms. The largest absolute Gasteiger partial charge is 0.493 e. The van der Waals surface area contributed by atoms with Crippen molar-refractivity contribution in [3.05, 3.63) is 27.7 Å². The van der Waals surface area contributed by atoms with Crippen molar-refractivity contribution in [2.75, 3.05) is 6.61 Å². The lowest BCUT2D eigenvalue weighted by molar-refractivity contribution is -0.140. The number of hydrogen-bond acceptors (Lipinski definition) is 3. The highest BCUT2D eigenvalue weighted by atomic mass is 79.9. The zero-order valence-corrected chi connectivity index (χ0v) is 12.3. The van der Waals surface area contributed by atoms with Crippen molar-refractivity contribution in [3.8, 4) is 5.75 Å². The van der Waals surface area contributed by atoms with E-state index in [2.05, 4.69) is 21.2 Å². The number of carboxylic acid groups (broad SMARTS) is 1. The number of rotatable bonds is 4. The highest BCUT2D eigenvalue weighted by molar-refractivity contribution is 9.10. The number of benzene rings is 1. The first-order chi connectivity index (χ1) is 9.56. The molecule has 0 saturated heterocycles. The number of carboxylic acids is 1. The number of hydrogen-bond donors (Lipinski definition) is 2. The minimum Gasteiger partial charge on any atom is -0.493 e. The second kappa shape index (κ2) is 5.09. The molecule has 2 aliphatic rings.